The third-order valence-corrected chi connectivity index (χ3v) is 6.29. The van der Waals surface area contributed by atoms with E-state index in [0.717, 1.165) is 12.8 Å². The van der Waals surface area contributed by atoms with Gasteiger partial charge in [-0.3, -0.25) is 19.2 Å². The van der Waals surface area contributed by atoms with E-state index in [0.29, 0.717) is 19.8 Å². The summed E-state index contributed by atoms with van der Waals surface area (Å²) in [5.74, 6) is -6.21. The first-order valence-corrected chi connectivity index (χ1v) is 12.3. The van der Waals surface area contributed by atoms with Crippen LogP contribution in [0.1, 0.15) is 72.6 Å². The maximum atomic E-state index is 13.5. The zero-order chi connectivity index (χ0) is 27.3. The van der Waals surface area contributed by atoms with Crippen LogP contribution in [-0.2, 0) is 23.9 Å². The van der Waals surface area contributed by atoms with E-state index in [2.05, 4.69) is 20.7 Å². The molecule has 2 aliphatic rings. The molecule has 0 bridgehead atoms. The van der Waals surface area contributed by atoms with E-state index in [1.165, 1.54) is 12.0 Å². The minimum Gasteiger partial charge on any atom is -0.453 e. The summed E-state index contributed by atoms with van der Waals surface area (Å²) >= 11 is 0. The molecule has 0 aromatic carbocycles. The lowest BCUT2D eigenvalue weighted by molar-refractivity contribution is -0.147. The molecule has 10 nitrogen and oxygen atoms in total. The van der Waals surface area contributed by atoms with Crippen molar-refractivity contribution < 1.29 is 37.5 Å². The number of hydrogen-bond acceptors (Lipinski definition) is 6. The second-order valence-electron chi connectivity index (χ2n) is 10.8. The topological polar surface area (TPSA) is 134 Å². The Balaban J connectivity index is 2.21. The molecule has 1 heterocycles. The minimum absolute atomic E-state index is 0.117. The van der Waals surface area contributed by atoms with Crippen molar-refractivity contribution in [3.63, 3.8) is 0 Å². The molecule has 0 spiro atoms. The highest BCUT2D eigenvalue weighted by Gasteiger charge is 2.42. The fraction of sp³-hybridized carbons (Fsp3) is 0.792. The quantitative estimate of drug-likeness (QED) is 0.380. The monoisotopic (exact) mass is 516 g/mol. The Kier molecular flexibility index (Phi) is 9.78. The Hall–Kier alpha value is -2.79. The van der Waals surface area contributed by atoms with Gasteiger partial charge in [0.15, 0.2) is 0 Å². The number of rotatable bonds is 10. The van der Waals surface area contributed by atoms with E-state index in [9.17, 15) is 32.8 Å². The fourth-order valence-electron chi connectivity index (χ4n) is 4.04. The molecule has 3 N–H and O–H groups in total. The molecule has 1 saturated carbocycles. The molecular weight excluding hydrogens is 478 g/mol. The van der Waals surface area contributed by atoms with Crippen LogP contribution in [0.2, 0.25) is 0 Å². The first-order chi connectivity index (χ1) is 16.6. The largest absolute Gasteiger partial charge is 0.453 e. The summed E-state index contributed by atoms with van der Waals surface area (Å²) in [4.78, 5) is 65.0. The number of halogens is 2. The van der Waals surface area contributed by atoms with Crippen LogP contribution in [-0.4, -0.2) is 78.2 Å². The van der Waals surface area contributed by atoms with Gasteiger partial charge in [-0.05, 0) is 50.9 Å². The van der Waals surface area contributed by atoms with Crippen LogP contribution in [0.25, 0.3) is 0 Å². The lowest BCUT2D eigenvalue weighted by Crippen LogP contribution is -2.61. The van der Waals surface area contributed by atoms with E-state index < -0.39 is 71.9 Å². The van der Waals surface area contributed by atoms with Gasteiger partial charge in [0.2, 0.25) is 23.5 Å². The number of ketones is 1. The number of piperidine rings is 1. The number of nitrogens with zero attached hydrogens (tertiary/aromatic N) is 1. The van der Waals surface area contributed by atoms with Crippen molar-refractivity contribution in [2.45, 2.75) is 103 Å². The van der Waals surface area contributed by atoms with Crippen molar-refractivity contribution in [1.29, 1.82) is 0 Å². The Morgan fingerprint density at radius 2 is 1.64 bits per heavy atom. The second kappa shape index (κ2) is 12.0. The van der Waals surface area contributed by atoms with Crippen LogP contribution in [0.3, 0.4) is 0 Å². The summed E-state index contributed by atoms with van der Waals surface area (Å²) < 4.78 is 31.7. The average molecular weight is 517 g/mol. The number of carbonyl (C=O) groups excluding carboxylic acids is 5. The fourth-order valence-corrected chi connectivity index (χ4v) is 4.04. The van der Waals surface area contributed by atoms with Gasteiger partial charge in [-0.1, -0.05) is 20.8 Å². The number of likely N-dealkylation sites (tertiary alicyclic amines) is 1. The summed E-state index contributed by atoms with van der Waals surface area (Å²) in [6, 6.07) is -3.56. The molecule has 2 rings (SSSR count). The third kappa shape index (κ3) is 8.70. The van der Waals surface area contributed by atoms with Gasteiger partial charge in [0.25, 0.3) is 5.91 Å². The summed E-state index contributed by atoms with van der Waals surface area (Å²) in [7, 11) is 1.17. The van der Waals surface area contributed by atoms with Gasteiger partial charge in [-0.15, -0.1) is 0 Å². The highest BCUT2D eigenvalue weighted by atomic mass is 19.3. The molecule has 3 atom stereocenters. The van der Waals surface area contributed by atoms with Crippen LogP contribution < -0.4 is 16.0 Å². The van der Waals surface area contributed by atoms with E-state index in [1.54, 1.807) is 20.8 Å². The van der Waals surface area contributed by atoms with Crippen LogP contribution in [0.4, 0.5) is 13.6 Å². The molecule has 1 aliphatic carbocycles. The van der Waals surface area contributed by atoms with Crippen molar-refractivity contribution in [2.75, 3.05) is 13.7 Å². The molecule has 4 amide bonds. The summed E-state index contributed by atoms with van der Waals surface area (Å²) in [6.07, 6.45) is 1.07. The first-order valence-electron chi connectivity index (χ1n) is 12.3. The van der Waals surface area contributed by atoms with Crippen molar-refractivity contribution in [1.82, 2.24) is 20.9 Å². The van der Waals surface area contributed by atoms with Gasteiger partial charge in [-0.25, -0.2) is 13.6 Å². The van der Waals surface area contributed by atoms with Crippen molar-refractivity contribution >= 4 is 29.6 Å². The number of alkyl halides is 2. The smallest absolute Gasteiger partial charge is 0.407 e. The number of alkyl carbamates (subject to hydrolysis) is 1. The second-order valence-corrected chi connectivity index (χ2v) is 10.8. The Bertz CT molecular complexity index is 851. The molecule has 36 heavy (non-hydrogen) atoms. The average Bonchev–Trinajstić information content (AvgIpc) is 3.61. The number of methoxy groups -OCH3 is 1. The number of Topliss-reactive ketones (excluding diaryl/α,β-unsaturated/α-hetero) is 1. The Labute approximate surface area is 210 Å². The molecule has 0 radical (unpaired) electrons. The van der Waals surface area contributed by atoms with Gasteiger partial charge in [0, 0.05) is 19.0 Å². The molecule has 204 valence electrons. The van der Waals surface area contributed by atoms with E-state index >= 15 is 0 Å². The maximum absolute atomic E-state index is 13.5. The number of ether oxygens (including phenoxy) is 1. The van der Waals surface area contributed by atoms with Crippen molar-refractivity contribution in [3.8, 4) is 0 Å². The third-order valence-electron chi connectivity index (χ3n) is 6.29. The Morgan fingerprint density at radius 1 is 1.00 bits per heavy atom. The van der Waals surface area contributed by atoms with Gasteiger partial charge in [0.1, 0.15) is 12.1 Å². The molecule has 0 unspecified atom stereocenters. The standard InChI is InChI=1S/C24H38F2N4O6/c1-23(2,3)18(29-22(35)36-5)21(34)30-13-7-6-8-16(30)19(32)28-15(11-12-24(4,25)26)17(31)20(33)27-14-9-10-14/h14-16,18H,6-13H2,1-5H3,(H,27,33)(H,28,32)(H,29,35)/t15-,16-,18+/m0/s1. The first kappa shape index (κ1) is 29.4. The van der Waals surface area contributed by atoms with Gasteiger partial charge < -0.3 is 25.6 Å². The molecule has 2 fully saturated rings. The van der Waals surface area contributed by atoms with Crippen LogP contribution in [0.5, 0.6) is 0 Å². The predicted molar refractivity (Wildman–Crippen MR) is 126 cm³/mol. The molecule has 12 heteroatoms. The van der Waals surface area contributed by atoms with Gasteiger partial charge >= 0.3 is 6.09 Å². The SMILES string of the molecule is COC(=O)N[C@H](C(=O)N1CCCC[C@H]1C(=O)N[C@@H](CCC(C)(F)F)C(=O)C(=O)NC1CC1)C(C)(C)C. The normalized spacial score (nSPS) is 20.1. The molecule has 0 aromatic rings. The van der Waals surface area contributed by atoms with Crippen LogP contribution in [0, 0.1) is 5.41 Å². The molecule has 1 saturated heterocycles. The molecule has 1 aliphatic heterocycles. The zero-order valence-electron chi connectivity index (χ0n) is 21.6. The van der Waals surface area contributed by atoms with Gasteiger partial charge in [-0.2, -0.15) is 0 Å². The number of amides is 4. The summed E-state index contributed by atoms with van der Waals surface area (Å²) in [5, 5.41) is 7.51. The maximum Gasteiger partial charge on any atom is 0.407 e. The van der Waals surface area contributed by atoms with E-state index in [-0.39, 0.29) is 19.0 Å². The number of hydrogen-bond donors (Lipinski definition) is 3. The highest BCUT2D eigenvalue weighted by Crippen LogP contribution is 2.26. The van der Waals surface area contributed by atoms with Gasteiger partial charge in [0.05, 0.1) is 13.2 Å². The van der Waals surface area contributed by atoms with Crippen LogP contribution >= 0.6 is 0 Å². The van der Waals surface area contributed by atoms with Crippen LogP contribution in [0.15, 0.2) is 0 Å². The summed E-state index contributed by atoms with van der Waals surface area (Å²) in [5.41, 5.74) is -0.712. The zero-order valence-corrected chi connectivity index (χ0v) is 21.6. The van der Waals surface area contributed by atoms with E-state index in [1.807, 2.05) is 0 Å². The lowest BCUT2D eigenvalue weighted by Gasteiger charge is -2.40. The Morgan fingerprint density at radius 3 is 2.17 bits per heavy atom. The molecular formula is C24H38F2N4O6. The molecule has 0 aromatic heterocycles. The predicted octanol–water partition coefficient (Wildman–Crippen LogP) is 1.91. The highest BCUT2D eigenvalue weighted by molar-refractivity contribution is 6.38. The summed E-state index contributed by atoms with van der Waals surface area (Å²) in [6.45, 7) is 6.19. The minimum atomic E-state index is -3.09. The van der Waals surface area contributed by atoms with E-state index in [4.69, 9.17) is 0 Å². The van der Waals surface area contributed by atoms with Crippen molar-refractivity contribution in [3.05, 3.63) is 0 Å². The van der Waals surface area contributed by atoms with Crippen molar-refractivity contribution in [2.24, 2.45) is 5.41 Å². The number of nitrogens with one attached hydrogen (secondary N) is 3. The lowest BCUT2D eigenvalue weighted by atomic mass is 9.85. The number of carbonyl (C=O) groups is 5.